The van der Waals surface area contributed by atoms with E-state index >= 15 is 0 Å². The van der Waals surface area contributed by atoms with Crippen molar-refractivity contribution < 1.29 is 9.53 Å². The van der Waals surface area contributed by atoms with Crippen molar-refractivity contribution in [1.29, 1.82) is 0 Å². The van der Waals surface area contributed by atoms with Crippen LogP contribution in [0.5, 0.6) is 5.75 Å². The van der Waals surface area contributed by atoms with Crippen LogP contribution in [-0.2, 0) is 4.79 Å². The molecule has 0 radical (unpaired) electrons. The van der Waals surface area contributed by atoms with E-state index in [4.69, 9.17) is 27.9 Å². The van der Waals surface area contributed by atoms with Gasteiger partial charge in [-0.05, 0) is 30.3 Å². The number of hydrogen-bond donors (Lipinski definition) is 1. The van der Waals surface area contributed by atoms with Crippen LogP contribution in [0, 0.1) is 0 Å². The van der Waals surface area contributed by atoms with E-state index in [2.05, 4.69) is 10.3 Å². The third kappa shape index (κ3) is 4.43. The average Bonchev–Trinajstić information content (AvgIpc) is 3.08. The number of amides is 1. The number of rotatable bonds is 5. The largest absolute Gasteiger partial charge is 0.496 e. The highest BCUT2D eigenvalue weighted by Crippen LogP contribution is 2.32. The number of hydrogen-bond acceptors (Lipinski definition) is 4. The standard InChI is InChI=1S/C19H14Cl2N2O2S/c1-25-17-5-3-2-4-12(17)6-9-18(24)23-19-22-16(11-26-19)14-8-7-13(20)10-15(14)21/h2-11H,1H3,(H,22,23,24). The Bertz CT molecular complexity index is 970. The van der Waals surface area contributed by atoms with Gasteiger partial charge < -0.3 is 4.74 Å². The summed E-state index contributed by atoms with van der Waals surface area (Å²) in [5.74, 6) is 0.421. The molecule has 4 nitrogen and oxygen atoms in total. The second-order valence-corrected chi connectivity index (χ2v) is 6.93. The molecule has 1 heterocycles. The molecule has 0 aliphatic carbocycles. The fraction of sp³-hybridized carbons (Fsp3) is 0.0526. The van der Waals surface area contributed by atoms with Crippen molar-refractivity contribution in [1.82, 2.24) is 4.98 Å². The third-order valence-electron chi connectivity index (χ3n) is 3.49. The minimum atomic E-state index is -0.279. The lowest BCUT2D eigenvalue weighted by molar-refractivity contribution is -0.111. The topological polar surface area (TPSA) is 51.2 Å². The Labute approximate surface area is 165 Å². The number of anilines is 1. The minimum absolute atomic E-state index is 0.279. The van der Waals surface area contributed by atoms with E-state index in [9.17, 15) is 4.79 Å². The second-order valence-electron chi connectivity index (χ2n) is 5.23. The molecule has 1 amide bonds. The van der Waals surface area contributed by atoms with Crippen LogP contribution in [0.15, 0.2) is 53.9 Å². The molecule has 3 rings (SSSR count). The van der Waals surface area contributed by atoms with Gasteiger partial charge in [0.05, 0.1) is 17.8 Å². The molecule has 3 aromatic rings. The van der Waals surface area contributed by atoms with Crippen LogP contribution in [0.4, 0.5) is 5.13 Å². The maximum atomic E-state index is 12.1. The Hall–Kier alpha value is -2.34. The minimum Gasteiger partial charge on any atom is -0.496 e. The first kappa shape index (κ1) is 18.5. The summed E-state index contributed by atoms with van der Waals surface area (Å²) in [6.45, 7) is 0. The van der Waals surface area contributed by atoms with Gasteiger partial charge in [-0.2, -0.15) is 0 Å². The lowest BCUT2D eigenvalue weighted by Crippen LogP contribution is -2.07. The van der Waals surface area contributed by atoms with Gasteiger partial charge in [-0.15, -0.1) is 11.3 Å². The summed E-state index contributed by atoms with van der Waals surface area (Å²) in [5, 5.41) is 6.13. The first-order valence-corrected chi connectivity index (χ1v) is 9.23. The molecule has 2 aromatic carbocycles. The average molecular weight is 405 g/mol. The maximum absolute atomic E-state index is 12.1. The number of halogens is 2. The lowest BCUT2D eigenvalue weighted by atomic mass is 10.2. The van der Waals surface area contributed by atoms with Crippen LogP contribution in [0.1, 0.15) is 5.56 Å². The zero-order valence-corrected chi connectivity index (χ0v) is 16.0. The molecule has 1 aromatic heterocycles. The van der Waals surface area contributed by atoms with E-state index in [1.807, 2.05) is 29.6 Å². The number of nitrogens with one attached hydrogen (secondary N) is 1. The SMILES string of the molecule is COc1ccccc1C=CC(=O)Nc1nc(-c2ccc(Cl)cc2Cl)cs1. The Morgan fingerprint density at radius 2 is 2.04 bits per heavy atom. The number of thiazole rings is 1. The number of nitrogens with zero attached hydrogens (tertiary/aromatic N) is 1. The number of para-hydroxylation sites is 1. The molecule has 0 aliphatic heterocycles. The third-order valence-corrected chi connectivity index (χ3v) is 4.80. The number of methoxy groups -OCH3 is 1. The lowest BCUT2D eigenvalue weighted by Gasteiger charge is -2.03. The van der Waals surface area contributed by atoms with E-state index in [0.29, 0.717) is 26.6 Å². The Morgan fingerprint density at radius 3 is 2.81 bits per heavy atom. The van der Waals surface area contributed by atoms with Gasteiger partial charge in [0, 0.05) is 27.6 Å². The number of carbonyl (C=O) groups is 1. The summed E-state index contributed by atoms with van der Waals surface area (Å²) in [6, 6.07) is 12.7. The number of benzene rings is 2. The normalized spacial score (nSPS) is 10.9. The second kappa shape index (κ2) is 8.36. The van der Waals surface area contributed by atoms with Crippen molar-refractivity contribution in [2.75, 3.05) is 12.4 Å². The predicted octanol–water partition coefficient (Wildman–Crippen LogP) is 5.78. The highest BCUT2D eigenvalue weighted by Gasteiger charge is 2.10. The molecule has 0 fully saturated rings. The summed E-state index contributed by atoms with van der Waals surface area (Å²) in [6.07, 6.45) is 3.13. The van der Waals surface area contributed by atoms with Crippen molar-refractivity contribution in [2.24, 2.45) is 0 Å². The van der Waals surface area contributed by atoms with Crippen LogP contribution in [0.2, 0.25) is 10.0 Å². The fourth-order valence-corrected chi connectivity index (χ4v) is 3.49. The highest BCUT2D eigenvalue weighted by molar-refractivity contribution is 7.14. The summed E-state index contributed by atoms with van der Waals surface area (Å²) in [5.41, 5.74) is 2.26. The first-order chi connectivity index (χ1) is 12.6. The van der Waals surface area contributed by atoms with E-state index in [1.165, 1.54) is 17.4 Å². The molecule has 0 atom stereocenters. The number of carbonyl (C=O) groups excluding carboxylic acids is 1. The molecular weight excluding hydrogens is 391 g/mol. The van der Waals surface area contributed by atoms with Crippen molar-refractivity contribution in [3.63, 3.8) is 0 Å². The van der Waals surface area contributed by atoms with E-state index in [1.54, 1.807) is 31.4 Å². The zero-order chi connectivity index (χ0) is 18.5. The first-order valence-electron chi connectivity index (χ1n) is 7.60. The molecule has 0 saturated carbocycles. The Morgan fingerprint density at radius 1 is 1.23 bits per heavy atom. The summed E-state index contributed by atoms with van der Waals surface area (Å²) >= 11 is 13.4. The van der Waals surface area contributed by atoms with Crippen molar-refractivity contribution >= 4 is 51.7 Å². The molecule has 0 saturated heterocycles. The maximum Gasteiger partial charge on any atom is 0.250 e. The summed E-state index contributed by atoms with van der Waals surface area (Å²) < 4.78 is 5.25. The zero-order valence-electron chi connectivity index (χ0n) is 13.7. The summed E-state index contributed by atoms with van der Waals surface area (Å²) in [4.78, 5) is 16.5. The molecule has 26 heavy (non-hydrogen) atoms. The van der Waals surface area contributed by atoms with Crippen molar-refractivity contribution in [3.8, 4) is 17.0 Å². The van der Waals surface area contributed by atoms with Gasteiger partial charge in [0.2, 0.25) is 5.91 Å². The molecule has 132 valence electrons. The van der Waals surface area contributed by atoms with Crippen molar-refractivity contribution in [3.05, 3.63) is 69.5 Å². The Kier molecular flexibility index (Phi) is 5.93. The fourth-order valence-electron chi connectivity index (χ4n) is 2.27. The van der Waals surface area contributed by atoms with Gasteiger partial charge in [0.15, 0.2) is 5.13 Å². The van der Waals surface area contributed by atoms with Crippen LogP contribution < -0.4 is 10.1 Å². The molecule has 0 spiro atoms. The molecule has 0 unspecified atom stereocenters. The van der Waals surface area contributed by atoms with E-state index in [-0.39, 0.29) is 5.91 Å². The van der Waals surface area contributed by atoms with Gasteiger partial charge in [0.1, 0.15) is 5.75 Å². The monoisotopic (exact) mass is 404 g/mol. The highest BCUT2D eigenvalue weighted by atomic mass is 35.5. The molecule has 1 N–H and O–H groups in total. The van der Waals surface area contributed by atoms with E-state index < -0.39 is 0 Å². The van der Waals surface area contributed by atoms with Crippen molar-refractivity contribution in [2.45, 2.75) is 0 Å². The van der Waals surface area contributed by atoms with Gasteiger partial charge >= 0.3 is 0 Å². The van der Waals surface area contributed by atoms with Crippen LogP contribution in [0.25, 0.3) is 17.3 Å². The molecular formula is C19H14Cl2N2O2S. The Balaban J connectivity index is 1.71. The van der Waals surface area contributed by atoms with Gasteiger partial charge in [-0.3, -0.25) is 10.1 Å². The van der Waals surface area contributed by atoms with Gasteiger partial charge in [0.25, 0.3) is 0 Å². The predicted molar refractivity (Wildman–Crippen MR) is 108 cm³/mol. The van der Waals surface area contributed by atoms with Gasteiger partial charge in [-0.1, -0.05) is 41.4 Å². The number of ether oxygens (including phenoxy) is 1. The molecule has 7 heteroatoms. The summed E-state index contributed by atoms with van der Waals surface area (Å²) in [7, 11) is 1.59. The van der Waals surface area contributed by atoms with Gasteiger partial charge in [-0.25, -0.2) is 4.98 Å². The smallest absolute Gasteiger partial charge is 0.250 e. The van der Waals surface area contributed by atoms with Crippen LogP contribution in [-0.4, -0.2) is 18.0 Å². The van der Waals surface area contributed by atoms with E-state index in [0.717, 1.165) is 11.1 Å². The molecule has 0 bridgehead atoms. The quantitative estimate of drug-likeness (QED) is 0.548. The number of aromatic nitrogens is 1. The van der Waals surface area contributed by atoms with Crippen LogP contribution in [0.3, 0.4) is 0 Å². The van der Waals surface area contributed by atoms with Crippen LogP contribution >= 0.6 is 34.5 Å². The molecule has 0 aliphatic rings.